The number of carbonyl (C=O) groups excluding carboxylic acids is 2. The molecule has 1 aromatic rings. The zero-order chi connectivity index (χ0) is 15.1. The van der Waals surface area contributed by atoms with Crippen molar-refractivity contribution in [2.24, 2.45) is 0 Å². The minimum Gasteiger partial charge on any atom is -0.478 e. The Labute approximate surface area is 122 Å². The van der Waals surface area contributed by atoms with Crippen LogP contribution in [0.3, 0.4) is 0 Å². The molecule has 21 heavy (non-hydrogen) atoms. The highest BCUT2D eigenvalue weighted by atomic mass is 16.4. The van der Waals surface area contributed by atoms with Gasteiger partial charge in [-0.15, -0.1) is 0 Å². The number of amides is 2. The van der Waals surface area contributed by atoms with E-state index in [0.717, 1.165) is 18.4 Å². The summed E-state index contributed by atoms with van der Waals surface area (Å²) in [7, 11) is 1.75. The summed E-state index contributed by atoms with van der Waals surface area (Å²) < 4.78 is 0. The van der Waals surface area contributed by atoms with E-state index in [9.17, 15) is 14.4 Å². The molecule has 3 rings (SSSR count). The van der Waals surface area contributed by atoms with Gasteiger partial charge in [-0.05, 0) is 30.5 Å². The quantitative estimate of drug-likeness (QED) is 0.892. The largest absolute Gasteiger partial charge is 0.478 e. The molecule has 1 saturated carbocycles. The molecule has 1 aliphatic heterocycles. The molecule has 0 spiro atoms. The number of hydrogen-bond acceptors (Lipinski definition) is 3. The number of carboxylic acid groups (broad SMARTS) is 1. The summed E-state index contributed by atoms with van der Waals surface area (Å²) in [5.41, 5.74) is 1.43. The van der Waals surface area contributed by atoms with E-state index < -0.39 is 5.97 Å². The minimum atomic E-state index is -1.04. The summed E-state index contributed by atoms with van der Waals surface area (Å²) in [5, 5.41) is 9.04. The van der Waals surface area contributed by atoms with Crippen LogP contribution in [0.5, 0.6) is 0 Å². The number of likely N-dealkylation sites (N-methyl/N-ethyl adjacent to an activating group) is 1. The molecule has 1 N–H and O–H groups in total. The van der Waals surface area contributed by atoms with E-state index in [1.165, 1.54) is 17.0 Å². The first-order chi connectivity index (χ1) is 9.97. The standard InChI is InChI=1S/C15H16N2O4/c1-16(11-4-5-11)14(19)8-17-12-6-10(15(20)21)3-2-9(12)7-13(17)18/h2-3,6,11H,4-5,7-8H2,1H3,(H,20,21). The number of anilines is 1. The Kier molecular flexibility index (Phi) is 3.16. The molecular weight excluding hydrogens is 272 g/mol. The first-order valence-corrected chi connectivity index (χ1v) is 6.89. The molecule has 0 radical (unpaired) electrons. The lowest BCUT2D eigenvalue weighted by Gasteiger charge is -2.22. The third-order valence-corrected chi connectivity index (χ3v) is 4.05. The predicted molar refractivity (Wildman–Crippen MR) is 75.3 cm³/mol. The molecule has 2 aliphatic rings. The van der Waals surface area contributed by atoms with Crippen LogP contribution in [0.2, 0.25) is 0 Å². The molecule has 6 nitrogen and oxygen atoms in total. The van der Waals surface area contributed by atoms with Crippen molar-refractivity contribution in [1.82, 2.24) is 4.90 Å². The number of nitrogens with zero attached hydrogens (tertiary/aromatic N) is 2. The van der Waals surface area contributed by atoms with Crippen molar-refractivity contribution in [2.75, 3.05) is 18.5 Å². The zero-order valence-electron chi connectivity index (χ0n) is 11.7. The van der Waals surface area contributed by atoms with Crippen LogP contribution in [-0.4, -0.2) is 47.4 Å². The lowest BCUT2D eigenvalue weighted by Crippen LogP contribution is -2.40. The van der Waals surface area contributed by atoms with Crippen LogP contribution >= 0.6 is 0 Å². The van der Waals surface area contributed by atoms with Gasteiger partial charge in [0, 0.05) is 18.8 Å². The van der Waals surface area contributed by atoms with Crippen LogP contribution in [-0.2, 0) is 16.0 Å². The Bertz CT molecular complexity index is 637. The van der Waals surface area contributed by atoms with Crippen molar-refractivity contribution in [1.29, 1.82) is 0 Å². The second-order valence-electron chi connectivity index (χ2n) is 5.54. The molecule has 110 valence electrons. The molecule has 1 fully saturated rings. The fraction of sp³-hybridized carbons (Fsp3) is 0.400. The fourth-order valence-corrected chi connectivity index (χ4v) is 2.58. The molecule has 1 aromatic carbocycles. The molecule has 0 atom stereocenters. The number of carbonyl (C=O) groups is 3. The van der Waals surface area contributed by atoms with E-state index >= 15 is 0 Å². The maximum atomic E-state index is 12.2. The van der Waals surface area contributed by atoms with Crippen LogP contribution in [0.1, 0.15) is 28.8 Å². The van der Waals surface area contributed by atoms with Gasteiger partial charge in [-0.2, -0.15) is 0 Å². The lowest BCUT2D eigenvalue weighted by atomic mass is 10.1. The monoisotopic (exact) mass is 288 g/mol. The maximum Gasteiger partial charge on any atom is 0.335 e. The number of benzene rings is 1. The van der Waals surface area contributed by atoms with Gasteiger partial charge < -0.3 is 14.9 Å². The summed E-state index contributed by atoms with van der Waals surface area (Å²) in [6, 6.07) is 4.88. The van der Waals surface area contributed by atoms with Crippen molar-refractivity contribution in [3.63, 3.8) is 0 Å². The van der Waals surface area contributed by atoms with E-state index in [1.807, 2.05) is 0 Å². The van der Waals surface area contributed by atoms with Crippen LogP contribution in [0.4, 0.5) is 5.69 Å². The van der Waals surface area contributed by atoms with Crippen molar-refractivity contribution in [2.45, 2.75) is 25.3 Å². The zero-order valence-corrected chi connectivity index (χ0v) is 11.7. The summed E-state index contributed by atoms with van der Waals surface area (Å²) in [6.45, 7) is -0.0259. The van der Waals surface area contributed by atoms with Crippen LogP contribution in [0.15, 0.2) is 18.2 Å². The molecular formula is C15H16N2O4. The number of aromatic carboxylic acids is 1. The topological polar surface area (TPSA) is 77.9 Å². The number of carboxylic acids is 1. The summed E-state index contributed by atoms with van der Waals surface area (Å²) in [5.74, 6) is -1.32. The van der Waals surface area contributed by atoms with E-state index in [1.54, 1.807) is 18.0 Å². The van der Waals surface area contributed by atoms with E-state index in [-0.39, 0.29) is 30.3 Å². The van der Waals surface area contributed by atoms with Crippen LogP contribution in [0.25, 0.3) is 0 Å². The van der Waals surface area contributed by atoms with Gasteiger partial charge in [0.2, 0.25) is 11.8 Å². The van der Waals surface area contributed by atoms with Gasteiger partial charge in [-0.25, -0.2) is 4.79 Å². The first-order valence-electron chi connectivity index (χ1n) is 6.89. The smallest absolute Gasteiger partial charge is 0.335 e. The maximum absolute atomic E-state index is 12.2. The fourth-order valence-electron chi connectivity index (χ4n) is 2.58. The molecule has 0 unspecified atom stereocenters. The average Bonchev–Trinajstić information content (AvgIpc) is 3.24. The number of hydrogen-bond donors (Lipinski definition) is 1. The van der Waals surface area contributed by atoms with Gasteiger partial charge in [0.25, 0.3) is 0 Å². The molecule has 1 heterocycles. The van der Waals surface area contributed by atoms with Gasteiger partial charge in [-0.3, -0.25) is 9.59 Å². The second-order valence-corrected chi connectivity index (χ2v) is 5.54. The normalized spacial score (nSPS) is 16.8. The molecule has 2 amide bonds. The lowest BCUT2D eigenvalue weighted by molar-refractivity contribution is -0.130. The summed E-state index contributed by atoms with van der Waals surface area (Å²) in [6.07, 6.45) is 2.24. The Balaban J connectivity index is 1.83. The third kappa shape index (κ3) is 2.49. The van der Waals surface area contributed by atoms with Crippen molar-refractivity contribution < 1.29 is 19.5 Å². The van der Waals surface area contributed by atoms with Gasteiger partial charge in [-0.1, -0.05) is 6.07 Å². The van der Waals surface area contributed by atoms with Gasteiger partial charge in [0.1, 0.15) is 6.54 Å². The molecule has 0 aromatic heterocycles. The highest BCUT2D eigenvalue weighted by Crippen LogP contribution is 2.31. The minimum absolute atomic E-state index is 0.0259. The molecule has 0 saturated heterocycles. The predicted octanol–water partition coefficient (Wildman–Crippen LogP) is 0.895. The van der Waals surface area contributed by atoms with Gasteiger partial charge in [0.05, 0.1) is 12.0 Å². The average molecular weight is 288 g/mol. The second kappa shape index (κ2) is 4.87. The van der Waals surface area contributed by atoms with Crippen molar-refractivity contribution in [3.8, 4) is 0 Å². The Morgan fingerprint density at radius 2 is 2.10 bits per heavy atom. The van der Waals surface area contributed by atoms with Gasteiger partial charge >= 0.3 is 5.97 Å². The number of fused-ring (bicyclic) bond motifs is 1. The van der Waals surface area contributed by atoms with E-state index in [2.05, 4.69) is 0 Å². The highest BCUT2D eigenvalue weighted by molar-refractivity contribution is 6.06. The summed E-state index contributed by atoms with van der Waals surface area (Å²) in [4.78, 5) is 38.3. The SMILES string of the molecule is CN(C(=O)CN1C(=O)Cc2ccc(C(=O)O)cc21)C1CC1. The molecule has 1 aliphatic carbocycles. The number of rotatable bonds is 4. The summed E-state index contributed by atoms with van der Waals surface area (Å²) >= 11 is 0. The Hall–Kier alpha value is -2.37. The Morgan fingerprint density at radius 1 is 1.38 bits per heavy atom. The van der Waals surface area contributed by atoms with E-state index in [4.69, 9.17) is 5.11 Å². The van der Waals surface area contributed by atoms with Crippen LogP contribution < -0.4 is 4.90 Å². The third-order valence-electron chi connectivity index (χ3n) is 4.05. The van der Waals surface area contributed by atoms with Crippen molar-refractivity contribution >= 4 is 23.5 Å². The van der Waals surface area contributed by atoms with Gasteiger partial charge in [0.15, 0.2) is 0 Å². The molecule has 0 bridgehead atoms. The van der Waals surface area contributed by atoms with E-state index in [0.29, 0.717) is 11.7 Å². The first kappa shape index (κ1) is 13.6. The van der Waals surface area contributed by atoms with Crippen molar-refractivity contribution in [3.05, 3.63) is 29.3 Å². The Morgan fingerprint density at radius 3 is 2.71 bits per heavy atom. The highest BCUT2D eigenvalue weighted by Gasteiger charge is 2.34. The molecule has 6 heteroatoms. The van der Waals surface area contributed by atoms with Crippen LogP contribution in [0, 0.1) is 0 Å².